The molecule has 0 aromatic carbocycles. The molecule has 19 heavy (non-hydrogen) atoms. The Bertz CT molecular complexity index is 697. The molecule has 0 spiro atoms. The first-order valence-electron chi connectivity index (χ1n) is 6.31. The largest absolute Gasteiger partial charge is 0.354 e. The van der Waals surface area contributed by atoms with Gasteiger partial charge in [0.1, 0.15) is 11.3 Å². The van der Waals surface area contributed by atoms with E-state index < -0.39 is 0 Å². The van der Waals surface area contributed by atoms with Gasteiger partial charge in [-0.3, -0.25) is 4.57 Å². The molecule has 2 N–H and O–H groups in total. The van der Waals surface area contributed by atoms with Gasteiger partial charge in [-0.1, -0.05) is 6.92 Å². The molecule has 0 aliphatic heterocycles. The molecule has 98 valence electrons. The zero-order valence-electron chi connectivity index (χ0n) is 10.9. The van der Waals surface area contributed by atoms with Crippen LogP contribution in [0.5, 0.6) is 0 Å². The molecule has 7 nitrogen and oxygen atoms in total. The second kappa shape index (κ2) is 4.68. The smallest absolute Gasteiger partial charge is 0.226 e. The van der Waals surface area contributed by atoms with Gasteiger partial charge in [0.15, 0.2) is 11.5 Å². The number of aryl methyl sites for hydroxylation is 1. The third-order valence-electron chi connectivity index (χ3n) is 2.86. The van der Waals surface area contributed by atoms with E-state index in [4.69, 9.17) is 0 Å². The van der Waals surface area contributed by atoms with E-state index in [1.54, 1.807) is 12.5 Å². The lowest BCUT2D eigenvalue weighted by molar-refractivity contribution is 0.868. The lowest BCUT2D eigenvalue weighted by atomic mass is 10.4. The van der Waals surface area contributed by atoms with Crippen molar-refractivity contribution in [2.24, 2.45) is 0 Å². The lowest BCUT2D eigenvalue weighted by Gasteiger charge is -2.08. The standard InChI is InChI=1S/C12H15N7/c1-3-8-14-5-6-19(8)11-9-10(16-7-15-9)17-12(18-11)13-4-2/h5-7H,3-4H2,1-2H3,(H2,13,15,16,17,18). The maximum Gasteiger partial charge on any atom is 0.226 e. The van der Waals surface area contributed by atoms with Gasteiger partial charge >= 0.3 is 0 Å². The highest BCUT2D eigenvalue weighted by molar-refractivity contribution is 5.79. The lowest BCUT2D eigenvalue weighted by Crippen LogP contribution is -2.08. The van der Waals surface area contributed by atoms with Crippen molar-refractivity contribution in [1.82, 2.24) is 29.5 Å². The monoisotopic (exact) mass is 257 g/mol. The van der Waals surface area contributed by atoms with Crippen LogP contribution in [0.2, 0.25) is 0 Å². The highest BCUT2D eigenvalue weighted by Crippen LogP contribution is 2.19. The van der Waals surface area contributed by atoms with Crippen molar-refractivity contribution in [2.45, 2.75) is 20.3 Å². The molecule has 0 saturated heterocycles. The summed E-state index contributed by atoms with van der Waals surface area (Å²) < 4.78 is 1.96. The predicted octanol–water partition coefficient (Wildman–Crippen LogP) is 1.53. The van der Waals surface area contributed by atoms with E-state index in [1.807, 2.05) is 17.7 Å². The first-order chi connectivity index (χ1) is 9.33. The molecular formula is C12H15N7. The summed E-state index contributed by atoms with van der Waals surface area (Å²) in [5, 5.41) is 3.12. The van der Waals surface area contributed by atoms with E-state index >= 15 is 0 Å². The molecule has 7 heteroatoms. The highest BCUT2D eigenvalue weighted by atomic mass is 15.2. The third-order valence-corrected chi connectivity index (χ3v) is 2.86. The third kappa shape index (κ3) is 1.92. The Kier molecular flexibility index (Phi) is 2.86. The fourth-order valence-electron chi connectivity index (χ4n) is 2.02. The molecule has 0 fully saturated rings. The van der Waals surface area contributed by atoms with Gasteiger partial charge in [0.2, 0.25) is 5.95 Å². The van der Waals surface area contributed by atoms with Gasteiger partial charge in [-0.05, 0) is 6.92 Å². The Morgan fingerprint density at radius 3 is 2.95 bits per heavy atom. The van der Waals surface area contributed by atoms with Gasteiger partial charge in [0, 0.05) is 25.4 Å². The second-order valence-corrected chi connectivity index (χ2v) is 4.07. The van der Waals surface area contributed by atoms with Crippen molar-refractivity contribution < 1.29 is 0 Å². The minimum Gasteiger partial charge on any atom is -0.354 e. The first kappa shape index (κ1) is 11.6. The van der Waals surface area contributed by atoms with Crippen molar-refractivity contribution in [3.05, 3.63) is 24.5 Å². The normalized spacial score (nSPS) is 11.1. The van der Waals surface area contributed by atoms with E-state index in [-0.39, 0.29) is 0 Å². The van der Waals surface area contributed by atoms with E-state index in [9.17, 15) is 0 Å². The maximum atomic E-state index is 4.54. The maximum absolute atomic E-state index is 4.54. The van der Waals surface area contributed by atoms with Crippen LogP contribution >= 0.6 is 0 Å². The van der Waals surface area contributed by atoms with Crippen molar-refractivity contribution in [2.75, 3.05) is 11.9 Å². The van der Waals surface area contributed by atoms with Crippen LogP contribution in [-0.4, -0.2) is 36.0 Å². The van der Waals surface area contributed by atoms with Gasteiger partial charge < -0.3 is 10.3 Å². The summed E-state index contributed by atoms with van der Waals surface area (Å²) in [5.41, 5.74) is 1.46. The number of rotatable bonds is 4. The van der Waals surface area contributed by atoms with Crippen LogP contribution in [-0.2, 0) is 6.42 Å². The number of H-pyrrole nitrogens is 1. The zero-order chi connectivity index (χ0) is 13.2. The van der Waals surface area contributed by atoms with Crippen LogP contribution in [0.15, 0.2) is 18.7 Å². The summed E-state index contributed by atoms with van der Waals surface area (Å²) in [6.45, 7) is 4.84. The molecule has 0 radical (unpaired) electrons. The Balaban J connectivity index is 2.23. The Labute approximate surface area is 110 Å². The zero-order valence-corrected chi connectivity index (χ0v) is 10.9. The number of anilines is 1. The number of hydrogen-bond donors (Lipinski definition) is 2. The molecule has 0 bridgehead atoms. The Morgan fingerprint density at radius 1 is 1.26 bits per heavy atom. The Hall–Kier alpha value is -2.44. The minimum absolute atomic E-state index is 0.577. The van der Waals surface area contributed by atoms with Crippen molar-refractivity contribution in [1.29, 1.82) is 0 Å². The molecule has 0 saturated carbocycles. The predicted molar refractivity (Wildman–Crippen MR) is 72.3 cm³/mol. The van der Waals surface area contributed by atoms with Gasteiger partial charge in [-0.2, -0.15) is 9.97 Å². The molecule has 0 amide bonds. The topological polar surface area (TPSA) is 84.3 Å². The Morgan fingerprint density at radius 2 is 2.16 bits per heavy atom. The van der Waals surface area contributed by atoms with Gasteiger partial charge in [0.05, 0.1) is 6.33 Å². The summed E-state index contributed by atoms with van der Waals surface area (Å²) in [7, 11) is 0. The van der Waals surface area contributed by atoms with Crippen LogP contribution in [0, 0.1) is 0 Å². The van der Waals surface area contributed by atoms with Crippen molar-refractivity contribution >= 4 is 17.1 Å². The SMILES string of the molecule is CCNc1nc(-n2ccnc2CC)c2[nH]cnc2n1. The molecular weight excluding hydrogens is 242 g/mol. The first-order valence-corrected chi connectivity index (χ1v) is 6.31. The molecule has 0 aliphatic rings. The fourth-order valence-corrected chi connectivity index (χ4v) is 2.02. The van der Waals surface area contributed by atoms with E-state index in [0.717, 1.165) is 30.1 Å². The molecule has 3 aromatic rings. The molecule has 3 aromatic heterocycles. The number of fused-ring (bicyclic) bond motifs is 1. The summed E-state index contributed by atoms with van der Waals surface area (Å²) in [5.74, 6) is 2.30. The molecule has 3 rings (SSSR count). The van der Waals surface area contributed by atoms with Crippen LogP contribution < -0.4 is 5.32 Å². The quantitative estimate of drug-likeness (QED) is 0.740. The summed E-state index contributed by atoms with van der Waals surface area (Å²) >= 11 is 0. The van der Waals surface area contributed by atoms with Gasteiger partial charge in [-0.15, -0.1) is 0 Å². The average Bonchev–Trinajstić information content (AvgIpc) is 3.06. The second-order valence-electron chi connectivity index (χ2n) is 4.07. The molecule has 0 unspecified atom stereocenters. The molecule has 0 atom stereocenters. The van der Waals surface area contributed by atoms with Gasteiger partial charge in [0.25, 0.3) is 0 Å². The molecule has 0 aliphatic carbocycles. The van der Waals surface area contributed by atoms with Crippen LogP contribution in [0.1, 0.15) is 19.7 Å². The van der Waals surface area contributed by atoms with Crippen LogP contribution in [0.25, 0.3) is 17.0 Å². The van der Waals surface area contributed by atoms with Crippen molar-refractivity contribution in [3.8, 4) is 5.82 Å². The fraction of sp³-hybridized carbons (Fsp3) is 0.333. The highest BCUT2D eigenvalue weighted by Gasteiger charge is 2.13. The number of imidazole rings is 2. The van der Waals surface area contributed by atoms with Crippen LogP contribution in [0.3, 0.4) is 0 Å². The van der Waals surface area contributed by atoms with Gasteiger partial charge in [-0.25, -0.2) is 9.97 Å². The van der Waals surface area contributed by atoms with E-state index in [1.165, 1.54) is 0 Å². The minimum atomic E-state index is 0.577. The number of nitrogens with zero attached hydrogens (tertiary/aromatic N) is 5. The molecule has 3 heterocycles. The summed E-state index contributed by atoms with van der Waals surface area (Å²) in [6.07, 6.45) is 6.14. The number of aromatic amines is 1. The van der Waals surface area contributed by atoms with Crippen molar-refractivity contribution in [3.63, 3.8) is 0 Å². The average molecular weight is 257 g/mol. The van der Waals surface area contributed by atoms with Crippen LogP contribution in [0.4, 0.5) is 5.95 Å². The van der Waals surface area contributed by atoms with E-state index in [2.05, 4.69) is 37.2 Å². The van der Waals surface area contributed by atoms with E-state index in [0.29, 0.717) is 11.6 Å². The number of aromatic nitrogens is 6. The number of nitrogens with one attached hydrogen (secondary N) is 2. The summed E-state index contributed by atoms with van der Waals surface area (Å²) in [4.78, 5) is 20.5. The number of hydrogen-bond acceptors (Lipinski definition) is 5. The summed E-state index contributed by atoms with van der Waals surface area (Å²) in [6, 6.07) is 0.